The summed E-state index contributed by atoms with van der Waals surface area (Å²) in [6.07, 6.45) is -0.358. The third-order valence-electron chi connectivity index (χ3n) is 6.09. The second-order valence-corrected chi connectivity index (χ2v) is 8.63. The summed E-state index contributed by atoms with van der Waals surface area (Å²) in [5.41, 5.74) is 2.39. The van der Waals surface area contributed by atoms with Crippen molar-refractivity contribution in [3.8, 4) is 0 Å². The van der Waals surface area contributed by atoms with Gasteiger partial charge in [-0.05, 0) is 41.7 Å². The van der Waals surface area contributed by atoms with Crippen LogP contribution in [0.15, 0.2) is 84.9 Å². The Bertz CT molecular complexity index is 962. The number of unbranched alkanes of at least 4 members (excludes halogenated alkanes) is 2. The topological polar surface area (TPSA) is 20.3 Å². The van der Waals surface area contributed by atoms with Gasteiger partial charge in [-0.15, -0.1) is 0 Å². The number of hydrogen-bond donors (Lipinski definition) is 0. The molecule has 1 amide bonds. The first-order valence-corrected chi connectivity index (χ1v) is 11.9. The molecule has 0 radical (unpaired) electrons. The van der Waals surface area contributed by atoms with E-state index in [1.165, 1.54) is 23.3 Å². The summed E-state index contributed by atoms with van der Waals surface area (Å²) >= 11 is 0. The van der Waals surface area contributed by atoms with Crippen LogP contribution >= 0.6 is 0 Å². The van der Waals surface area contributed by atoms with Crippen molar-refractivity contribution in [2.24, 2.45) is 0 Å². The molecule has 0 aliphatic heterocycles. The molecular formula is C29H32F3NO. The number of carbonyl (C=O) groups excluding carboxylic acids is 1. The Morgan fingerprint density at radius 1 is 0.824 bits per heavy atom. The first-order chi connectivity index (χ1) is 16.4. The molecule has 0 aliphatic rings. The van der Waals surface area contributed by atoms with Gasteiger partial charge in [-0.25, -0.2) is 0 Å². The molecule has 0 bridgehead atoms. The molecule has 0 aromatic heterocycles. The second-order valence-electron chi connectivity index (χ2n) is 8.63. The lowest BCUT2D eigenvalue weighted by Gasteiger charge is -2.26. The van der Waals surface area contributed by atoms with Gasteiger partial charge in [0.1, 0.15) is 0 Å². The third kappa shape index (κ3) is 7.47. The van der Waals surface area contributed by atoms with Gasteiger partial charge in [0.25, 0.3) is 0 Å². The maximum atomic E-state index is 13.1. The van der Waals surface area contributed by atoms with E-state index in [1.54, 1.807) is 4.90 Å². The predicted molar refractivity (Wildman–Crippen MR) is 130 cm³/mol. The molecule has 180 valence electrons. The van der Waals surface area contributed by atoms with E-state index in [4.69, 9.17) is 0 Å². The summed E-state index contributed by atoms with van der Waals surface area (Å²) < 4.78 is 38.9. The lowest BCUT2D eigenvalue weighted by molar-refractivity contribution is -0.137. The highest BCUT2D eigenvalue weighted by Gasteiger charge is 2.30. The average Bonchev–Trinajstić information content (AvgIpc) is 2.84. The third-order valence-corrected chi connectivity index (χ3v) is 6.09. The van der Waals surface area contributed by atoms with Crippen LogP contribution in [0.3, 0.4) is 0 Å². The highest BCUT2D eigenvalue weighted by Crippen LogP contribution is 2.30. The molecule has 5 heteroatoms. The maximum absolute atomic E-state index is 13.1. The van der Waals surface area contributed by atoms with E-state index in [0.29, 0.717) is 25.1 Å². The number of nitrogens with zero attached hydrogens (tertiary/aromatic N) is 1. The van der Waals surface area contributed by atoms with Crippen molar-refractivity contribution in [1.29, 1.82) is 0 Å². The normalized spacial score (nSPS) is 11.6. The van der Waals surface area contributed by atoms with E-state index < -0.39 is 11.7 Å². The minimum atomic E-state index is -4.37. The van der Waals surface area contributed by atoms with Crippen molar-refractivity contribution >= 4 is 5.91 Å². The van der Waals surface area contributed by atoms with E-state index in [0.717, 1.165) is 37.8 Å². The molecule has 3 aromatic rings. The van der Waals surface area contributed by atoms with Crippen LogP contribution in [0.2, 0.25) is 0 Å². The largest absolute Gasteiger partial charge is 0.416 e. The highest BCUT2D eigenvalue weighted by molar-refractivity contribution is 5.76. The van der Waals surface area contributed by atoms with Crippen LogP contribution in [0, 0.1) is 0 Å². The molecule has 0 unspecified atom stereocenters. The summed E-state index contributed by atoms with van der Waals surface area (Å²) in [6, 6.07) is 25.5. The van der Waals surface area contributed by atoms with Crippen molar-refractivity contribution in [2.75, 3.05) is 6.54 Å². The zero-order valence-corrected chi connectivity index (χ0v) is 19.6. The quantitative estimate of drug-likeness (QED) is 0.263. The smallest absolute Gasteiger partial charge is 0.338 e. The zero-order chi connectivity index (χ0) is 24.4. The fourth-order valence-corrected chi connectivity index (χ4v) is 4.18. The zero-order valence-electron chi connectivity index (χ0n) is 19.6. The molecule has 0 saturated carbocycles. The van der Waals surface area contributed by atoms with Gasteiger partial charge in [-0.3, -0.25) is 4.79 Å². The van der Waals surface area contributed by atoms with Crippen LogP contribution in [-0.4, -0.2) is 17.4 Å². The average molecular weight is 468 g/mol. The van der Waals surface area contributed by atoms with Crippen LogP contribution in [0.4, 0.5) is 13.2 Å². The Kier molecular flexibility index (Phi) is 9.32. The Morgan fingerprint density at radius 3 is 1.88 bits per heavy atom. The number of hydrogen-bond acceptors (Lipinski definition) is 1. The van der Waals surface area contributed by atoms with Crippen LogP contribution in [0.5, 0.6) is 0 Å². The van der Waals surface area contributed by atoms with E-state index in [1.807, 2.05) is 36.4 Å². The van der Waals surface area contributed by atoms with E-state index in [2.05, 4.69) is 31.2 Å². The Hall–Kier alpha value is -3.08. The van der Waals surface area contributed by atoms with Gasteiger partial charge >= 0.3 is 6.18 Å². The molecule has 0 aliphatic carbocycles. The van der Waals surface area contributed by atoms with Crippen LogP contribution in [0.25, 0.3) is 0 Å². The van der Waals surface area contributed by atoms with Crippen molar-refractivity contribution < 1.29 is 18.0 Å². The number of halogens is 3. The van der Waals surface area contributed by atoms with E-state index >= 15 is 0 Å². The van der Waals surface area contributed by atoms with Gasteiger partial charge in [0.05, 0.1) is 5.56 Å². The molecule has 0 heterocycles. The number of carbonyl (C=O) groups is 1. The van der Waals surface area contributed by atoms with Crippen LogP contribution in [-0.2, 0) is 17.5 Å². The summed E-state index contributed by atoms with van der Waals surface area (Å²) in [5.74, 6) is 0.175. The summed E-state index contributed by atoms with van der Waals surface area (Å²) in [4.78, 5) is 14.9. The number of rotatable bonds is 11. The van der Waals surface area contributed by atoms with Crippen molar-refractivity contribution in [2.45, 2.75) is 57.7 Å². The number of alkyl halides is 3. The Labute approximate surface area is 200 Å². The molecule has 0 spiro atoms. The number of amides is 1. The van der Waals surface area contributed by atoms with Crippen LogP contribution in [0.1, 0.15) is 67.2 Å². The molecule has 3 aromatic carbocycles. The molecule has 3 rings (SSSR count). The van der Waals surface area contributed by atoms with Gasteiger partial charge in [0, 0.05) is 25.4 Å². The first kappa shape index (κ1) is 25.5. The standard InChI is InChI=1S/C29H32F3NO/c1-2-3-6-15-28(34)33(22-23-16-18-26(19-17-23)29(30,31)32)21-20-27(24-11-7-4-8-12-24)25-13-9-5-10-14-25/h4-5,7-14,16-19,27H,2-3,6,15,20-22H2,1H3. The fourth-order valence-electron chi connectivity index (χ4n) is 4.18. The molecule has 0 fully saturated rings. The van der Waals surface area contributed by atoms with Gasteiger partial charge in [-0.1, -0.05) is 92.6 Å². The first-order valence-electron chi connectivity index (χ1n) is 11.9. The maximum Gasteiger partial charge on any atom is 0.416 e. The lowest BCUT2D eigenvalue weighted by Crippen LogP contribution is -2.32. The monoisotopic (exact) mass is 467 g/mol. The van der Waals surface area contributed by atoms with Crippen molar-refractivity contribution in [3.63, 3.8) is 0 Å². The molecule has 34 heavy (non-hydrogen) atoms. The second kappa shape index (κ2) is 12.4. The van der Waals surface area contributed by atoms with E-state index in [9.17, 15) is 18.0 Å². The Morgan fingerprint density at radius 2 is 1.38 bits per heavy atom. The molecular weight excluding hydrogens is 435 g/mol. The fraction of sp³-hybridized carbons (Fsp3) is 0.345. The number of benzene rings is 3. The highest BCUT2D eigenvalue weighted by atomic mass is 19.4. The molecule has 0 N–H and O–H groups in total. The molecule has 2 nitrogen and oxygen atoms in total. The van der Waals surface area contributed by atoms with Gasteiger partial charge < -0.3 is 4.90 Å². The molecule has 0 saturated heterocycles. The van der Waals surface area contributed by atoms with Crippen molar-refractivity contribution in [3.05, 3.63) is 107 Å². The van der Waals surface area contributed by atoms with Gasteiger partial charge in [0.2, 0.25) is 5.91 Å². The molecule has 0 atom stereocenters. The summed E-state index contributed by atoms with van der Waals surface area (Å²) in [6.45, 7) is 2.93. The SMILES string of the molecule is CCCCCC(=O)N(CCC(c1ccccc1)c1ccccc1)Cc1ccc(C(F)(F)F)cc1. The minimum absolute atomic E-state index is 0.0493. The van der Waals surface area contributed by atoms with Crippen LogP contribution < -0.4 is 0 Å². The van der Waals surface area contributed by atoms with Crippen molar-refractivity contribution in [1.82, 2.24) is 4.90 Å². The summed E-state index contributed by atoms with van der Waals surface area (Å²) in [7, 11) is 0. The Balaban J connectivity index is 1.78. The summed E-state index contributed by atoms with van der Waals surface area (Å²) in [5, 5.41) is 0. The minimum Gasteiger partial charge on any atom is -0.338 e. The van der Waals surface area contributed by atoms with Gasteiger partial charge in [0.15, 0.2) is 0 Å². The lowest BCUT2D eigenvalue weighted by atomic mass is 9.88. The predicted octanol–water partition coefficient (Wildman–Crippen LogP) is 7.84. The van der Waals surface area contributed by atoms with E-state index in [-0.39, 0.29) is 11.8 Å². The van der Waals surface area contributed by atoms with Gasteiger partial charge in [-0.2, -0.15) is 13.2 Å².